The number of hydrogen-bond acceptors (Lipinski definition) is 6. The van der Waals surface area contributed by atoms with Gasteiger partial charge in [0.25, 0.3) is 0 Å². The van der Waals surface area contributed by atoms with E-state index in [0.29, 0.717) is 0 Å². The molecular weight excluding hydrogens is 1250 g/mol. The highest BCUT2D eigenvalue weighted by atomic mass is 32.1. The topological polar surface area (TPSA) is 13.0 Å². The van der Waals surface area contributed by atoms with Crippen molar-refractivity contribution >= 4 is 90.9 Å². The molecule has 19 rings (SSSR count). The summed E-state index contributed by atoms with van der Waals surface area (Å²) in [7, 11) is 0. The van der Waals surface area contributed by atoms with Crippen LogP contribution in [0.4, 0.5) is 68.2 Å². The van der Waals surface area contributed by atoms with Gasteiger partial charge in [-0.15, -0.1) is 22.7 Å². The summed E-state index contributed by atoms with van der Waals surface area (Å²) in [6, 6.07) is 144. The summed E-state index contributed by atoms with van der Waals surface area (Å²) in [4.78, 5) is 14.8. The molecule has 0 bridgehead atoms. The molecule has 0 amide bonds. The number of benzene rings is 14. The molecule has 16 aromatic rings. The van der Waals surface area contributed by atoms with E-state index in [1.165, 1.54) is 52.9 Å². The second kappa shape index (κ2) is 24.3. The van der Waals surface area contributed by atoms with Gasteiger partial charge in [-0.3, -0.25) is 0 Å². The maximum atomic E-state index is 2.64. The van der Waals surface area contributed by atoms with Crippen molar-refractivity contribution in [3.05, 3.63) is 431 Å². The smallest absolute Gasteiger partial charge is 0.0850 e. The fraction of sp³-hybridized carbons (Fsp3) is 0.0213. The number of fused-ring (bicyclic) bond motifs is 14. The highest BCUT2D eigenvalue weighted by Crippen LogP contribution is 2.71. The molecule has 0 saturated carbocycles. The Morgan fingerprint density at radius 3 is 0.750 bits per heavy atom. The molecule has 472 valence electrons. The molecule has 100 heavy (non-hydrogen) atoms. The van der Waals surface area contributed by atoms with Gasteiger partial charge in [-0.05, 0) is 212 Å². The van der Waals surface area contributed by atoms with Crippen molar-refractivity contribution in [2.75, 3.05) is 19.6 Å². The van der Waals surface area contributed by atoms with Crippen molar-refractivity contribution in [3.8, 4) is 43.1 Å². The van der Waals surface area contributed by atoms with Crippen molar-refractivity contribution in [1.82, 2.24) is 0 Å². The highest BCUT2D eigenvalue weighted by Gasteiger charge is 2.61. The maximum absolute atomic E-state index is 2.64. The zero-order valence-corrected chi connectivity index (χ0v) is 56.2. The third-order valence-electron chi connectivity index (χ3n) is 20.4. The molecule has 3 aliphatic rings. The van der Waals surface area contributed by atoms with Crippen LogP contribution in [0.3, 0.4) is 0 Å². The summed E-state index contributed by atoms with van der Waals surface area (Å²) in [6.07, 6.45) is 0. The monoisotopic (exact) mass is 1310 g/mol. The fourth-order valence-corrected chi connectivity index (χ4v) is 19.1. The molecule has 6 heteroatoms. The average Bonchev–Trinajstić information content (AvgIpc) is 1.31. The molecule has 0 N–H and O–H groups in total. The van der Waals surface area contributed by atoms with Crippen LogP contribution in [-0.4, -0.2) is 0 Å². The van der Waals surface area contributed by atoms with E-state index in [0.717, 1.165) is 102 Å². The predicted octanol–water partition coefficient (Wildman–Crippen LogP) is 26.1. The molecule has 0 atom stereocenters. The lowest BCUT2D eigenvalue weighted by atomic mass is 9.53. The third-order valence-corrected chi connectivity index (χ3v) is 23.0. The van der Waals surface area contributed by atoms with Crippen LogP contribution in [-0.2, 0) is 10.8 Å². The summed E-state index contributed by atoms with van der Waals surface area (Å²) in [5.74, 6) is 0. The van der Waals surface area contributed by atoms with Gasteiger partial charge < -0.3 is 19.6 Å². The summed E-state index contributed by atoms with van der Waals surface area (Å²) in [5, 5.41) is 0. The number of thiophene rings is 2. The quantitative estimate of drug-likeness (QED) is 0.121. The normalized spacial score (nSPS) is 13.3. The van der Waals surface area contributed by atoms with Crippen LogP contribution in [0.2, 0.25) is 0 Å². The molecule has 14 aromatic carbocycles. The first-order chi connectivity index (χ1) is 49.6. The lowest BCUT2D eigenvalue weighted by molar-refractivity contribution is 0.634. The Morgan fingerprint density at radius 1 is 0.200 bits per heavy atom. The van der Waals surface area contributed by atoms with E-state index in [4.69, 9.17) is 0 Å². The molecule has 0 saturated heterocycles. The van der Waals surface area contributed by atoms with Gasteiger partial charge in [0, 0.05) is 65.0 Å². The van der Waals surface area contributed by atoms with Gasteiger partial charge in [-0.1, -0.05) is 243 Å². The number of para-hydroxylation sites is 10. The van der Waals surface area contributed by atoms with Crippen LogP contribution in [0.1, 0.15) is 43.1 Å². The van der Waals surface area contributed by atoms with Gasteiger partial charge >= 0.3 is 0 Å². The average molecular weight is 1310 g/mol. The van der Waals surface area contributed by atoms with Gasteiger partial charge in [0.05, 0.1) is 33.6 Å². The maximum Gasteiger partial charge on any atom is 0.0850 e. The Balaban J connectivity index is 0.965. The van der Waals surface area contributed by atoms with Gasteiger partial charge in [0.15, 0.2) is 0 Å². The lowest BCUT2D eigenvalue weighted by Gasteiger charge is -2.53. The van der Waals surface area contributed by atoms with E-state index in [1.54, 1.807) is 0 Å². The van der Waals surface area contributed by atoms with Crippen molar-refractivity contribution in [2.45, 2.75) is 10.8 Å². The molecular formula is C94H64N4S2. The van der Waals surface area contributed by atoms with Gasteiger partial charge in [-0.2, -0.15) is 0 Å². The van der Waals surface area contributed by atoms with Crippen LogP contribution >= 0.6 is 22.7 Å². The molecule has 0 fully saturated rings. The largest absolute Gasteiger partial charge is 0.310 e. The molecule has 0 radical (unpaired) electrons. The SMILES string of the molecule is c1ccc(-c2cc(-c3cc4c(s3)C3(c5ccccc5N(c5ccccc5)c5ccccc53)c3cc(-c5cc(-c6ccccc6)cc(N(c6ccccc6)c6ccccc6)c5)sc3C43c4ccccc4N(c4ccccc4)c4ccccc43)cc(N(c3ccccc3)c3ccccc3)c2)cc1. The fourth-order valence-electron chi connectivity index (χ4n) is 16.3. The molecule has 4 heterocycles. The number of anilines is 12. The second-order valence-corrected chi connectivity index (χ2v) is 28.0. The minimum Gasteiger partial charge on any atom is -0.310 e. The van der Waals surface area contributed by atoms with E-state index in [9.17, 15) is 0 Å². The van der Waals surface area contributed by atoms with Crippen molar-refractivity contribution in [3.63, 3.8) is 0 Å². The number of rotatable bonds is 12. The van der Waals surface area contributed by atoms with Gasteiger partial charge in [0.1, 0.15) is 0 Å². The third kappa shape index (κ3) is 9.40. The molecule has 1 aliphatic carbocycles. The highest BCUT2D eigenvalue weighted by molar-refractivity contribution is 7.17. The first-order valence-corrected chi connectivity index (χ1v) is 35.8. The van der Waals surface area contributed by atoms with E-state index in [2.05, 4.69) is 408 Å². The summed E-state index contributed by atoms with van der Waals surface area (Å²) in [6.45, 7) is 0. The molecule has 2 aromatic heterocycles. The first kappa shape index (κ1) is 59.0. The predicted molar refractivity (Wildman–Crippen MR) is 420 cm³/mol. The van der Waals surface area contributed by atoms with Crippen LogP contribution in [0.15, 0.2) is 388 Å². The first-order valence-electron chi connectivity index (χ1n) is 34.2. The Morgan fingerprint density at radius 2 is 0.450 bits per heavy atom. The van der Waals surface area contributed by atoms with E-state index >= 15 is 0 Å². The minimum atomic E-state index is -0.882. The van der Waals surface area contributed by atoms with Crippen LogP contribution < -0.4 is 19.6 Å². The van der Waals surface area contributed by atoms with E-state index in [1.807, 2.05) is 22.7 Å². The standard InChI is InChI=1S/C94H64N4S2/c1-9-33-65(34-10-1)67-57-69(61-77(59-67)95(71-37-13-3-14-38-71)72-39-15-4-16-40-72)89-63-83-91(99-89)94(81-51-27-31-55-87(81)98(76-47-23-8-24-48-76)88-56-32-28-52-82(88)94)84-64-90(100-92(84)93(83)79-49-25-29-53-85(79)97(75-45-21-7-22-46-75)86-54-30-26-50-80(86)93)70-58-68(66-35-11-2-12-36-66)60-78(62-70)96(73-41-17-5-18-42-73)74-43-19-6-20-44-74/h1-64H. The van der Waals surface area contributed by atoms with E-state index < -0.39 is 10.8 Å². The zero-order chi connectivity index (χ0) is 66.1. The Bertz CT molecular complexity index is 5110. The van der Waals surface area contributed by atoms with Crippen LogP contribution in [0.25, 0.3) is 43.1 Å². The summed E-state index contributed by atoms with van der Waals surface area (Å²) in [5.41, 5.74) is 25.8. The van der Waals surface area contributed by atoms with Crippen molar-refractivity contribution in [2.24, 2.45) is 0 Å². The molecule has 4 nitrogen and oxygen atoms in total. The number of nitrogens with zero attached hydrogens (tertiary/aromatic N) is 4. The van der Waals surface area contributed by atoms with Crippen molar-refractivity contribution in [1.29, 1.82) is 0 Å². The van der Waals surface area contributed by atoms with E-state index in [-0.39, 0.29) is 0 Å². The zero-order valence-electron chi connectivity index (χ0n) is 54.6. The van der Waals surface area contributed by atoms with Gasteiger partial charge in [-0.25, -0.2) is 0 Å². The number of hydrogen-bond donors (Lipinski definition) is 0. The van der Waals surface area contributed by atoms with Crippen LogP contribution in [0, 0.1) is 0 Å². The van der Waals surface area contributed by atoms with Gasteiger partial charge in [0.2, 0.25) is 0 Å². The summed E-state index contributed by atoms with van der Waals surface area (Å²) < 4.78 is 0. The van der Waals surface area contributed by atoms with Crippen molar-refractivity contribution < 1.29 is 0 Å². The molecule has 0 unspecified atom stereocenters. The Kier molecular flexibility index (Phi) is 14.4. The Labute approximate surface area is 591 Å². The molecule has 2 spiro atoms. The Hall–Kier alpha value is -12.3. The lowest BCUT2D eigenvalue weighted by Crippen LogP contribution is -2.47. The second-order valence-electron chi connectivity index (χ2n) is 25.9. The minimum absolute atomic E-state index is 0.882. The molecule has 2 aliphatic heterocycles. The van der Waals surface area contributed by atoms with Crippen LogP contribution in [0.5, 0.6) is 0 Å². The summed E-state index contributed by atoms with van der Waals surface area (Å²) >= 11 is 3.93.